The molecule has 1 aromatic carbocycles. The fourth-order valence-corrected chi connectivity index (χ4v) is 1.40. The lowest BCUT2D eigenvalue weighted by atomic mass is 10.0. The molecule has 90 valence electrons. The molecule has 2 rings (SSSR count). The highest BCUT2D eigenvalue weighted by Gasteiger charge is 2.35. The minimum atomic E-state index is -4.70. The number of nitrogen functional groups attached to an aromatic ring is 1. The second-order valence-electron chi connectivity index (χ2n) is 3.30. The van der Waals surface area contributed by atoms with Crippen LogP contribution in [0.5, 0.6) is 0 Å². The van der Waals surface area contributed by atoms with Crippen LogP contribution in [0, 0.1) is 5.82 Å². The van der Waals surface area contributed by atoms with Crippen LogP contribution in [-0.2, 0) is 6.18 Å². The Kier molecular flexibility index (Phi) is 2.53. The molecule has 0 aliphatic carbocycles. The van der Waals surface area contributed by atoms with Crippen molar-refractivity contribution in [2.75, 3.05) is 5.73 Å². The van der Waals surface area contributed by atoms with Gasteiger partial charge in [0.2, 0.25) is 0 Å². The van der Waals surface area contributed by atoms with E-state index in [0.29, 0.717) is 6.07 Å². The van der Waals surface area contributed by atoms with Gasteiger partial charge in [0.25, 0.3) is 0 Å². The normalized spacial score (nSPS) is 11.8. The van der Waals surface area contributed by atoms with Gasteiger partial charge in [0.05, 0.1) is 11.8 Å². The third-order valence-corrected chi connectivity index (χ3v) is 2.13. The van der Waals surface area contributed by atoms with Crippen molar-refractivity contribution in [1.82, 2.24) is 5.16 Å². The predicted octanol–water partition coefficient (Wildman–Crippen LogP) is 3.08. The molecule has 0 aliphatic rings. The summed E-state index contributed by atoms with van der Waals surface area (Å²) in [5.41, 5.74) is 3.87. The smallest absolute Gasteiger partial charge is 0.394 e. The second-order valence-corrected chi connectivity index (χ2v) is 3.30. The maximum atomic E-state index is 12.8. The summed E-state index contributed by atoms with van der Waals surface area (Å²) in [6.07, 6.45) is -3.62. The molecule has 2 aromatic rings. The van der Waals surface area contributed by atoms with Crippen molar-refractivity contribution in [1.29, 1.82) is 0 Å². The topological polar surface area (TPSA) is 52.0 Å². The molecular formula is C10H6F4N2O. The number of benzene rings is 1. The molecule has 1 heterocycles. The van der Waals surface area contributed by atoms with Gasteiger partial charge < -0.3 is 10.3 Å². The van der Waals surface area contributed by atoms with Crippen LogP contribution in [-0.4, -0.2) is 5.16 Å². The lowest BCUT2D eigenvalue weighted by molar-refractivity contribution is -0.137. The van der Waals surface area contributed by atoms with E-state index in [9.17, 15) is 17.6 Å². The summed E-state index contributed by atoms with van der Waals surface area (Å²) in [4.78, 5) is 0. The minimum Gasteiger partial charge on any atom is -0.394 e. The Labute approximate surface area is 92.8 Å². The van der Waals surface area contributed by atoms with Crippen molar-refractivity contribution in [2.45, 2.75) is 6.18 Å². The molecule has 0 unspecified atom stereocenters. The molecule has 0 bridgehead atoms. The van der Waals surface area contributed by atoms with E-state index in [0.717, 1.165) is 18.3 Å². The van der Waals surface area contributed by atoms with Crippen molar-refractivity contribution in [3.8, 4) is 11.3 Å². The van der Waals surface area contributed by atoms with Gasteiger partial charge in [0, 0.05) is 5.56 Å². The fraction of sp³-hybridized carbons (Fsp3) is 0.100. The van der Waals surface area contributed by atoms with Crippen molar-refractivity contribution >= 4 is 5.69 Å². The quantitative estimate of drug-likeness (QED) is 0.786. The third-order valence-electron chi connectivity index (χ3n) is 2.13. The van der Waals surface area contributed by atoms with E-state index in [4.69, 9.17) is 5.73 Å². The molecule has 0 fully saturated rings. The maximum Gasteiger partial charge on any atom is 0.417 e. The fourth-order valence-electron chi connectivity index (χ4n) is 1.40. The molecular weight excluding hydrogens is 240 g/mol. The van der Waals surface area contributed by atoms with Crippen molar-refractivity contribution in [3.05, 3.63) is 35.8 Å². The first-order valence-corrected chi connectivity index (χ1v) is 4.47. The van der Waals surface area contributed by atoms with E-state index in [-0.39, 0.29) is 17.0 Å². The molecule has 0 atom stereocenters. The summed E-state index contributed by atoms with van der Waals surface area (Å²) in [5.74, 6) is -1.21. The number of alkyl halides is 3. The average molecular weight is 246 g/mol. The number of aromatic nitrogens is 1. The summed E-state index contributed by atoms with van der Waals surface area (Å²) in [5, 5.41) is 3.28. The highest BCUT2D eigenvalue weighted by molar-refractivity contribution is 5.73. The highest BCUT2D eigenvalue weighted by Crippen LogP contribution is 2.39. The van der Waals surface area contributed by atoms with Crippen LogP contribution in [0.4, 0.5) is 23.2 Å². The van der Waals surface area contributed by atoms with Gasteiger partial charge in [-0.2, -0.15) is 13.2 Å². The Bertz CT molecular complexity index is 547. The summed E-state index contributed by atoms with van der Waals surface area (Å²) in [6.45, 7) is 0. The monoisotopic (exact) mass is 246 g/mol. The lowest BCUT2D eigenvalue weighted by Crippen LogP contribution is -2.08. The third kappa shape index (κ3) is 2.08. The zero-order valence-electron chi connectivity index (χ0n) is 8.25. The van der Waals surface area contributed by atoms with E-state index in [1.807, 2.05) is 0 Å². The minimum absolute atomic E-state index is 0.0397. The second kappa shape index (κ2) is 3.76. The molecule has 0 amide bonds. The first-order chi connectivity index (χ1) is 7.89. The van der Waals surface area contributed by atoms with Crippen LogP contribution in [0.2, 0.25) is 0 Å². The van der Waals surface area contributed by atoms with Crippen LogP contribution < -0.4 is 5.73 Å². The van der Waals surface area contributed by atoms with E-state index in [2.05, 4.69) is 9.68 Å². The Hall–Kier alpha value is -2.05. The number of hydrogen-bond donors (Lipinski definition) is 1. The van der Waals surface area contributed by atoms with Gasteiger partial charge in [-0.05, 0) is 18.2 Å². The number of nitrogens with zero attached hydrogens (tertiary/aromatic N) is 1. The highest BCUT2D eigenvalue weighted by atomic mass is 19.4. The predicted molar refractivity (Wildman–Crippen MR) is 51.3 cm³/mol. The molecule has 1 aromatic heterocycles. The number of hydrogen-bond acceptors (Lipinski definition) is 3. The number of nitrogens with two attached hydrogens (primary N) is 1. The average Bonchev–Trinajstić information content (AvgIpc) is 2.63. The van der Waals surface area contributed by atoms with Crippen LogP contribution in [0.25, 0.3) is 11.3 Å². The Morgan fingerprint density at radius 3 is 2.47 bits per heavy atom. The van der Waals surface area contributed by atoms with Gasteiger partial charge in [0.1, 0.15) is 11.5 Å². The van der Waals surface area contributed by atoms with E-state index >= 15 is 0 Å². The van der Waals surface area contributed by atoms with Crippen LogP contribution >= 0.6 is 0 Å². The van der Waals surface area contributed by atoms with Crippen LogP contribution in [0.3, 0.4) is 0 Å². The molecule has 17 heavy (non-hydrogen) atoms. The zero-order chi connectivity index (χ0) is 12.6. The number of rotatable bonds is 1. The standard InChI is InChI=1S/C10H6F4N2O/c11-5-1-2-6(7(3-5)10(12,13)14)9-8(15)4-16-17-9/h1-4H,15H2. The first kappa shape index (κ1) is 11.4. The van der Waals surface area contributed by atoms with Crippen LogP contribution in [0.1, 0.15) is 5.56 Å². The van der Waals surface area contributed by atoms with Crippen molar-refractivity contribution in [2.24, 2.45) is 0 Å². The first-order valence-electron chi connectivity index (χ1n) is 4.47. The summed E-state index contributed by atoms with van der Waals surface area (Å²) in [6, 6.07) is 2.23. The number of halogens is 4. The van der Waals surface area contributed by atoms with Gasteiger partial charge in [-0.15, -0.1) is 0 Å². The molecule has 0 spiro atoms. The number of anilines is 1. The Morgan fingerprint density at radius 2 is 1.94 bits per heavy atom. The van der Waals surface area contributed by atoms with E-state index in [1.165, 1.54) is 0 Å². The largest absolute Gasteiger partial charge is 0.417 e. The molecule has 0 saturated heterocycles. The van der Waals surface area contributed by atoms with Gasteiger partial charge in [-0.3, -0.25) is 0 Å². The van der Waals surface area contributed by atoms with Gasteiger partial charge in [-0.25, -0.2) is 4.39 Å². The SMILES string of the molecule is Nc1cnoc1-c1ccc(F)cc1C(F)(F)F. The Morgan fingerprint density at radius 1 is 1.24 bits per heavy atom. The molecule has 3 nitrogen and oxygen atoms in total. The zero-order valence-corrected chi connectivity index (χ0v) is 8.25. The molecule has 0 radical (unpaired) electrons. The van der Waals surface area contributed by atoms with E-state index < -0.39 is 17.6 Å². The lowest BCUT2D eigenvalue weighted by Gasteiger charge is -2.11. The molecule has 0 saturated carbocycles. The summed E-state index contributed by atoms with van der Waals surface area (Å²) < 4.78 is 55.5. The summed E-state index contributed by atoms with van der Waals surface area (Å²) >= 11 is 0. The van der Waals surface area contributed by atoms with Gasteiger partial charge in [-0.1, -0.05) is 5.16 Å². The van der Waals surface area contributed by atoms with E-state index in [1.54, 1.807) is 0 Å². The van der Waals surface area contributed by atoms with Gasteiger partial charge >= 0.3 is 6.18 Å². The Balaban J connectivity index is 2.67. The molecule has 2 N–H and O–H groups in total. The van der Waals surface area contributed by atoms with Gasteiger partial charge in [0.15, 0.2) is 5.76 Å². The molecule has 0 aliphatic heterocycles. The van der Waals surface area contributed by atoms with Crippen LogP contribution in [0.15, 0.2) is 28.9 Å². The molecule has 7 heteroatoms. The summed E-state index contributed by atoms with van der Waals surface area (Å²) in [7, 11) is 0. The maximum absolute atomic E-state index is 12.8. The van der Waals surface area contributed by atoms with Crippen molar-refractivity contribution < 1.29 is 22.1 Å². The van der Waals surface area contributed by atoms with Crippen molar-refractivity contribution in [3.63, 3.8) is 0 Å².